The maximum atomic E-state index is 12.2. The number of nitrogens with zero attached hydrogens (tertiary/aromatic N) is 4. The van der Waals surface area contributed by atoms with Crippen LogP contribution in [0.15, 0.2) is 4.52 Å². The molecule has 1 saturated carbocycles. The number of carbonyl (C=O) groups excluding carboxylic acids is 1. The van der Waals surface area contributed by atoms with Gasteiger partial charge in [-0.25, -0.2) is 0 Å². The minimum atomic E-state index is 0.143. The van der Waals surface area contributed by atoms with Crippen LogP contribution in [0.25, 0.3) is 0 Å². The number of carbonyl (C=O) groups is 1. The molecule has 1 aliphatic heterocycles. The van der Waals surface area contributed by atoms with E-state index in [1.165, 1.54) is 0 Å². The highest BCUT2D eigenvalue weighted by atomic mass is 16.5. The summed E-state index contributed by atoms with van der Waals surface area (Å²) >= 11 is 0. The van der Waals surface area contributed by atoms with E-state index in [0.717, 1.165) is 44.8 Å². The largest absolute Gasteiger partial charge is 0.395 e. The number of aromatic nitrogens is 2. The average molecular weight is 294 g/mol. The van der Waals surface area contributed by atoms with Crippen molar-refractivity contribution in [3.8, 4) is 0 Å². The SMILES string of the molecule is O=C(CCc1nc(C2CC2)no1)N1CCN(CCO)CC1. The fourth-order valence-corrected chi connectivity index (χ4v) is 2.61. The van der Waals surface area contributed by atoms with Gasteiger partial charge in [-0.15, -0.1) is 0 Å². The molecule has 1 N–H and O–H groups in total. The number of hydrogen-bond acceptors (Lipinski definition) is 6. The Morgan fingerprint density at radius 2 is 2.05 bits per heavy atom. The summed E-state index contributed by atoms with van der Waals surface area (Å²) in [5.74, 6) is 2.00. The van der Waals surface area contributed by atoms with E-state index in [4.69, 9.17) is 9.63 Å². The number of aryl methyl sites for hydroxylation is 1. The average Bonchev–Trinajstić information content (AvgIpc) is 3.25. The van der Waals surface area contributed by atoms with Crippen molar-refractivity contribution in [2.45, 2.75) is 31.6 Å². The lowest BCUT2D eigenvalue weighted by Crippen LogP contribution is -2.49. The van der Waals surface area contributed by atoms with Crippen LogP contribution in [-0.2, 0) is 11.2 Å². The van der Waals surface area contributed by atoms with Crippen molar-refractivity contribution in [3.63, 3.8) is 0 Å². The molecule has 2 aliphatic rings. The van der Waals surface area contributed by atoms with Crippen molar-refractivity contribution in [1.29, 1.82) is 0 Å². The Bertz CT molecular complexity index is 478. The summed E-state index contributed by atoms with van der Waals surface area (Å²) in [7, 11) is 0. The molecule has 3 rings (SSSR count). The molecule has 0 radical (unpaired) electrons. The van der Waals surface area contributed by atoms with E-state index in [9.17, 15) is 4.79 Å². The van der Waals surface area contributed by atoms with E-state index in [-0.39, 0.29) is 12.5 Å². The maximum Gasteiger partial charge on any atom is 0.227 e. The maximum absolute atomic E-state index is 12.2. The van der Waals surface area contributed by atoms with Crippen molar-refractivity contribution in [2.24, 2.45) is 0 Å². The third-order valence-electron chi connectivity index (χ3n) is 4.12. The van der Waals surface area contributed by atoms with Gasteiger partial charge in [-0.2, -0.15) is 4.98 Å². The van der Waals surface area contributed by atoms with Crippen LogP contribution in [0.3, 0.4) is 0 Å². The fourth-order valence-electron chi connectivity index (χ4n) is 2.61. The van der Waals surface area contributed by atoms with Gasteiger partial charge in [-0.05, 0) is 12.8 Å². The van der Waals surface area contributed by atoms with Gasteiger partial charge in [0.15, 0.2) is 5.82 Å². The smallest absolute Gasteiger partial charge is 0.227 e. The zero-order chi connectivity index (χ0) is 14.7. The van der Waals surface area contributed by atoms with Crippen molar-refractivity contribution in [3.05, 3.63) is 11.7 Å². The second-order valence-electron chi connectivity index (χ2n) is 5.77. The Kier molecular flexibility index (Phi) is 4.50. The van der Waals surface area contributed by atoms with Gasteiger partial charge in [0.1, 0.15) is 0 Å². The van der Waals surface area contributed by atoms with Crippen LogP contribution < -0.4 is 0 Å². The molecule has 116 valence electrons. The molecule has 1 aromatic heterocycles. The summed E-state index contributed by atoms with van der Waals surface area (Å²) in [6.45, 7) is 3.99. The molecule has 2 fully saturated rings. The van der Waals surface area contributed by atoms with E-state index in [1.54, 1.807) is 0 Å². The van der Waals surface area contributed by atoms with Gasteiger partial charge in [0.2, 0.25) is 11.8 Å². The summed E-state index contributed by atoms with van der Waals surface area (Å²) in [5, 5.41) is 12.9. The molecular formula is C14H22N4O3. The van der Waals surface area contributed by atoms with E-state index < -0.39 is 0 Å². The van der Waals surface area contributed by atoms with Crippen LogP contribution in [-0.4, -0.2) is 70.3 Å². The predicted octanol–water partition coefficient (Wildman–Crippen LogP) is 0.0161. The Hall–Kier alpha value is -1.47. The van der Waals surface area contributed by atoms with E-state index in [1.807, 2.05) is 4.90 Å². The third kappa shape index (κ3) is 3.79. The van der Waals surface area contributed by atoms with Crippen LogP contribution in [0.4, 0.5) is 0 Å². The second kappa shape index (κ2) is 6.53. The number of β-amino-alcohol motifs (C(OH)–C–C–N with tert-alkyl or cyclic N) is 1. The quantitative estimate of drug-likeness (QED) is 0.796. The van der Waals surface area contributed by atoms with Crippen molar-refractivity contribution >= 4 is 5.91 Å². The first-order valence-electron chi connectivity index (χ1n) is 7.69. The van der Waals surface area contributed by atoms with Crippen molar-refractivity contribution in [2.75, 3.05) is 39.3 Å². The highest BCUT2D eigenvalue weighted by Gasteiger charge is 2.29. The van der Waals surface area contributed by atoms with Gasteiger partial charge >= 0.3 is 0 Å². The number of aliphatic hydroxyl groups excluding tert-OH is 1. The third-order valence-corrected chi connectivity index (χ3v) is 4.12. The molecule has 0 unspecified atom stereocenters. The first-order valence-corrected chi connectivity index (χ1v) is 7.69. The van der Waals surface area contributed by atoms with Crippen molar-refractivity contribution < 1.29 is 14.4 Å². The zero-order valence-electron chi connectivity index (χ0n) is 12.2. The van der Waals surface area contributed by atoms with Crippen LogP contribution in [0.5, 0.6) is 0 Å². The van der Waals surface area contributed by atoms with Gasteiger partial charge in [0.05, 0.1) is 6.61 Å². The number of amides is 1. The van der Waals surface area contributed by atoms with Gasteiger partial charge in [-0.1, -0.05) is 5.16 Å². The summed E-state index contributed by atoms with van der Waals surface area (Å²) in [5.41, 5.74) is 0. The van der Waals surface area contributed by atoms with Crippen LogP contribution >= 0.6 is 0 Å². The first-order chi connectivity index (χ1) is 10.3. The molecule has 7 nitrogen and oxygen atoms in total. The van der Waals surface area contributed by atoms with Gasteiger partial charge in [-0.3, -0.25) is 9.69 Å². The number of aliphatic hydroxyl groups is 1. The molecule has 1 aromatic rings. The lowest BCUT2D eigenvalue weighted by atomic mass is 10.2. The standard InChI is InChI=1S/C14H22N4O3/c19-10-9-17-5-7-18(8-6-17)13(20)4-3-12-15-14(16-21-12)11-1-2-11/h11,19H,1-10H2. The molecule has 1 aliphatic carbocycles. The molecular weight excluding hydrogens is 272 g/mol. The van der Waals surface area contributed by atoms with Crippen LogP contribution in [0, 0.1) is 0 Å². The molecule has 7 heteroatoms. The lowest BCUT2D eigenvalue weighted by molar-refractivity contribution is -0.133. The fraction of sp³-hybridized carbons (Fsp3) is 0.786. The normalized spacial score (nSPS) is 20.0. The van der Waals surface area contributed by atoms with Gasteiger partial charge in [0.25, 0.3) is 0 Å². The lowest BCUT2D eigenvalue weighted by Gasteiger charge is -2.34. The Morgan fingerprint density at radius 1 is 1.29 bits per heavy atom. The molecule has 2 heterocycles. The Labute approximate surface area is 123 Å². The van der Waals surface area contributed by atoms with Crippen LogP contribution in [0.2, 0.25) is 0 Å². The summed E-state index contributed by atoms with van der Waals surface area (Å²) in [4.78, 5) is 20.5. The molecule has 0 spiro atoms. The Morgan fingerprint density at radius 3 is 2.71 bits per heavy atom. The highest BCUT2D eigenvalue weighted by Crippen LogP contribution is 2.38. The highest BCUT2D eigenvalue weighted by molar-refractivity contribution is 5.76. The molecule has 0 atom stereocenters. The molecule has 1 saturated heterocycles. The van der Waals surface area contributed by atoms with Crippen LogP contribution in [0.1, 0.15) is 36.9 Å². The Balaban J connectivity index is 1.41. The molecule has 0 bridgehead atoms. The molecule has 0 aromatic carbocycles. The topological polar surface area (TPSA) is 82.7 Å². The number of piperazine rings is 1. The summed E-state index contributed by atoms with van der Waals surface area (Å²) < 4.78 is 5.18. The van der Waals surface area contributed by atoms with Gasteiger partial charge in [0, 0.05) is 51.5 Å². The van der Waals surface area contributed by atoms with Crippen molar-refractivity contribution in [1.82, 2.24) is 19.9 Å². The van der Waals surface area contributed by atoms with E-state index in [2.05, 4.69) is 15.0 Å². The summed E-state index contributed by atoms with van der Waals surface area (Å²) in [6, 6.07) is 0. The molecule has 21 heavy (non-hydrogen) atoms. The van der Waals surface area contributed by atoms with E-state index >= 15 is 0 Å². The summed E-state index contributed by atoms with van der Waals surface area (Å²) in [6.07, 6.45) is 3.24. The molecule has 1 amide bonds. The number of rotatable bonds is 6. The first kappa shape index (κ1) is 14.5. The van der Waals surface area contributed by atoms with Gasteiger partial charge < -0.3 is 14.5 Å². The minimum absolute atomic E-state index is 0.143. The number of hydrogen-bond donors (Lipinski definition) is 1. The van der Waals surface area contributed by atoms with E-state index in [0.29, 0.717) is 31.2 Å². The predicted molar refractivity (Wildman–Crippen MR) is 74.7 cm³/mol. The second-order valence-corrected chi connectivity index (χ2v) is 5.77. The monoisotopic (exact) mass is 294 g/mol. The zero-order valence-corrected chi connectivity index (χ0v) is 12.2. The minimum Gasteiger partial charge on any atom is -0.395 e.